The topological polar surface area (TPSA) is 114 Å². The molecule has 182 valence electrons. The van der Waals surface area contributed by atoms with E-state index < -0.39 is 35.3 Å². The van der Waals surface area contributed by atoms with Gasteiger partial charge in [-0.05, 0) is 43.7 Å². The number of esters is 1. The van der Waals surface area contributed by atoms with E-state index in [1.807, 2.05) is 0 Å². The summed E-state index contributed by atoms with van der Waals surface area (Å²) in [6, 6.07) is 9.39. The molecule has 36 heavy (non-hydrogen) atoms. The van der Waals surface area contributed by atoms with Gasteiger partial charge in [0, 0.05) is 6.20 Å². The smallest absolute Gasteiger partial charge is 0.350 e. The summed E-state index contributed by atoms with van der Waals surface area (Å²) >= 11 is 0.885. The first kappa shape index (κ1) is 23.4. The molecule has 1 aromatic carbocycles. The minimum Gasteiger partial charge on any atom is -0.505 e. The van der Waals surface area contributed by atoms with Crippen molar-refractivity contribution in [2.45, 2.75) is 19.9 Å². The van der Waals surface area contributed by atoms with E-state index in [-0.39, 0.29) is 21.3 Å². The summed E-state index contributed by atoms with van der Waals surface area (Å²) in [5.41, 5.74) is 1.73. The Bertz CT molecular complexity index is 1590. The summed E-state index contributed by atoms with van der Waals surface area (Å²) in [4.78, 5) is 48.9. The van der Waals surface area contributed by atoms with Crippen LogP contribution in [0.1, 0.15) is 38.4 Å². The van der Waals surface area contributed by atoms with Crippen molar-refractivity contribution in [3.8, 4) is 0 Å². The van der Waals surface area contributed by atoms with Crippen LogP contribution < -0.4 is 4.90 Å². The number of Topliss-reactive ketones (excluding diaryl/α,β-unsaturated/α-hetero) is 1. The summed E-state index contributed by atoms with van der Waals surface area (Å²) in [5.74, 6) is -3.45. The maximum absolute atomic E-state index is 13.8. The largest absolute Gasteiger partial charge is 0.505 e. The molecular formula is C25H19FN4O5S. The average Bonchev–Trinajstić information content (AvgIpc) is 3.49. The zero-order chi connectivity index (χ0) is 25.7. The first-order valence-corrected chi connectivity index (χ1v) is 11.6. The van der Waals surface area contributed by atoms with E-state index in [1.165, 1.54) is 31.4 Å². The van der Waals surface area contributed by atoms with E-state index in [0.717, 1.165) is 16.2 Å². The lowest BCUT2D eigenvalue weighted by Crippen LogP contribution is -2.29. The number of halogens is 1. The number of ether oxygens (including phenoxy) is 1. The highest BCUT2D eigenvalue weighted by molar-refractivity contribution is 7.17. The molecule has 0 radical (unpaired) electrons. The van der Waals surface area contributed by atoms with Crippen LogP contribution in [-0.2, 0) is 14.3 Å². The molecule has 1 aliphatic rings. The molecule has 1 unspecified atom stereocenters. The number of hydrogen-bond donors (Lipinski definition) is 1. The van der Waals surface area contributed by atoms with E-state index in [9.17, 15) is 23.9 Å². The molecule has 1 N–H and O–H groups in total. The van der Waals surface area contributed by atoms with Gasteiger partial charge in [0.15, 0.2) is 10.9 Å². The number of carbonyl (C=O) groups is 3. The Morgan fingerprint density at radius 1 is 1.08 bits per heavy atom. The molecule has 1 atom stereocenters. The first-order chi connectivity index (χ1) is 17.2. The minimum absolute atomic E-state index is 0.0678. The number of imidazole rings is 1. The molecule has 1 aliphatic heterocycles. The second-order valence-electron chi connectivity index (χ2n) is 8.10. The molecule has 11 heteroatoms. The molecule has 0 bridgehead atoms. The van der Waals surface area contributed by atoms with Crippen molar-refractivity contribution in [1.82, 2.24) is 14.4 Å². The molecule has 1 saturated heterocycles. The van der Waals surface area contributed by atoms with Crippen LogP contribution in [0, 0.1) is 19.7 Å². The lowest BCUT2D eigenvalue weighted by Gasteiger charge is -2.23. The van der Waals surface area contributed by atoms with E-state index in [2.05, 4.69) is 9.97 Å². The molecule has 0 spiro atoms. The van der Waals surface area contributed by atoms with Crippen LogP contribution in [0.3, 0.4) is 0 Å². The molecule has 0 saturated carbocycles. The fourth-order valence-corrected chi connectivity index (χ4v) is 5.30. The molecule has 5 rings (SSSR count). The van der Waals surface area contributed by atoms with Crippen molar-refractivity contribution < 1.29 is 28.6 Å². The number of rotatable bonds is 4. The second kappa shape index (κ2) is 8.68. The van der Waals surface area contributed by atoms with Crippen molar-refractivity contribution in [1.29, 1.82) is 0 Å². The Balaban J connectivity index is 1.76. The van der Waals surface area contributed by atoms with Crippen LogP contribution in [0.5, 0.6) is 0 Å². The van der Waals surface area contributed by atoms with Gasteiger partial charge in [-0.15, -0.1) is 0 Å². The number of methoxy groups -OCH3 is 1. The number of nitrogens with zero attached hydrogens (tertiary/aromatic N) is 4. The predicted octanol–water partition coefficient (Wildman–Crippen LogP) is 3.96. The van der Waals surface area contributed by atoms with Gasteiger partial charge in [0.1, 0.15) is 22.0 Å². The average molecular weight is 507 g/mol. The van der Waals surface area contributed by atoms with Crippen LogP contribution >= 0.6 is 11.3 Å². The van der Waals surface area contributed by atoms with Crippen LogP contribution in [0.4, 0.5) is 9.52 Å². The van der Waals surface area contributed by atoms with Crippen molar-refractivity contribution in [2.24, 2.45) is 0 Å². The zero-order valence-electron chi connectivity index (χ0n) is 19.4. The molecule has 1 fully saturated rings. The number of aryl methyl sites for hydroxylation is 2. The number of hydrogen-bond acceptors (Lipinski definition) is 8. The fourth-order valence-electron chi connectivity index (χ4n) is 4.28. The lowest BCUT2D eigenvalue weighted by molar-refractivity contribution is -0.132. The number of anilines is 1. The zero-order valence-corrected chi connectivity index (χ0v) is 20.2. The van der Waals surface area contributed by atoms with E-state index >= 15 is 0 Å². The summed E-state index contributed by atoms with van der Waals surface area (Å²) in [5, 5.41) is 11.5. The summed E-state index contributed by atoms with van der Waals surface area (Å²) in [6.07, 6.45) is 1.68. The molecule has 4 heterocycles. The highest BCUT2D eigenvalue weighted by atomic mass is 32.1. The van der Waals surface area contributed by atoms with Gasteiger partial charge < -0.3 is 9.84 Å². The Morgan fingerprint density at radius 3 is 2.50 bits per heavy atom. The molecule has 3 aromatic heterocycles. The normalized spacial score (nSPS) is 17.2. The highest BCUT2D eigenvalue weighted by Crippen LogP contribution is 2.44. The van der Waals surface area contributed by atoms with Crippen molar-refractivity contribution >= 4 is 45.5 Å². The number of amides is 1. The monoisotopic (exact) mass is 506 g/mol. The number of aliphatic hydroxyl groups excluding tert-OH is 1. The quantitative estimate of drug-likeness (QED) is 0.193. The second-order valence-corrected chi connectivity index (χ2v) is 9.08. The Morgan fingerprint density at radius 2 is 1.81 bits per heavy atom. The number of carbonyl (C=O) groups excluding carboxylic acids is 3. The number of benzene rings is 1. The Labute approximate surface area is 208 Å². The third-order valence-corrected chi connectivity index (χ3v) is 7.06. The molecule has 1 amide bonds. The Hall–Kier alpha value is -4.38. The number of fused-ring (bicyclic) bond motifs is 1. The van der Waals surface area contributed by atoms with E-state index in [4.69, 9.17) is 4.74 Å². The van der Waals surface area contributed by atoms with Crippen molar-refractivity contribution in [2.75, 3.05) is 12.0 Å². The fraction of sp³-hybridized carbons (Fsp3) is 0.160. The summed E-state index contributed by atoms with van der Waals surface area (Å²) in [7, 11) is 1.23. The maximum atomic E-state index is 13.8. The highest BCUT2D eigenvalue weighted by Gasteiger charge is 2.49. The number of ketones is 1. The molecular weight excluding hydrogens is 487 g/mol. The van der Waals surface area contributed by atoms with Gasteiger partial charge in [-0.1, -0.05) is 29.5 Å². The van der Waals surface area contributed by atoms with Crippen molar-refractivity contribution in [3.05, 3.63) is 87.6 Å². The number of pyridine rings is 1. The third kappa shape index (κ3) is 3.55. The van der Waals surface area contributed by atoms with E-state index in [0.29, 0.717) is 22.6 Å². The first-order valence-electron chi connectivity index (χ1n) is 10.8. The molecule has 0 aliphatic carbocycles. The van der Waals surface area contributed by atoms with Gasteiger partial charge in [-0.25, -0.2) is 19.2 Å². The maximum Gasteiger partial charge on any atom is 0.350 e. The number of thiazole rings is 1. The van der Waals surface area contributed by atoms with Gasteiger partial charge in [0.05, 0.1) is 30.1 Å². The summed E-state index contributed by atoms with van der Waals surface area (Å²) in [6.45, 7) is 3.26. The minimum atomic E-state index is -1.13. The van der Waals surface area contributed by atoms with Gasteiger partial charge in [-0.3, -0.25) is 18.9 Å². The van der Waals surface area contributed by atoms with E-state index in [1.54, 1.807) is 42.6 Å². The molecule has 9 nitrogen and oxygen atoms in total. The SMILES string of the molecule is COC(=O)c1sc(N2C(=O)C(=O)C(=C(O)c3c(C)nc4ccccn34)C2c2ccc(F)cc2)nc1C. The predicted molar refractivity (Wildman–Crippen MR) is 129 cm³/mol. The van der Waals surface area contributed by atoms with Crippen LogP contribution in [0.15, 0.2) is 54.2 Å². The van der Waals surface area contributed by atoms with Gasteiger partial charge in [0.25, 0.3) is 5.78 Å². The Kier molecular flexibility index (Phi) is 5.64. The summed E-state index contributed by atoms with van der Waals surface area (Å²) < 4.78 is 20.2. The van der Waals surface area contributed by atoms with Gasteiger partial charge in [-0.2, -0.15) is 0 Å². The van der Waals surface area contributed by atoms with Gasteiger partial charge in [0.2, 0.25) is 0 Å². The lowest BCUT2D eigenvalue weighted by atomic mass is 9.96. The van der Waals surface area contributed by atoms with Crippen LogP contribution in [0.2, 0.25) is 0 Å². The third-order valence-electron chi connectivity index (χ3n) is 5.92. The van der Waals surface area contributed by atoms with Crippen LogP contribution in [-0.4, -0.2) is 44.2 Å². The molecule has 4 aromatic rings. The number of aromatic nitrogens is 3. The van der Waals surface area contributed by atoms with Gasteiger partial charge >= 0.3 is 11.9 Å². The standard InChI is InChI=1S/C25H19FN4O5S/c1-12-18(29-11-5-4-6-16(29)27-12)20(31)17-19(14-7-9-15(26)10-8-14)30(23(33)21(17)32)25-28-13(2)22(36-25)24(34)35-3/h4-11,19,31H,1-3H3. The van der Waals surface area contributed by atoms with Crippen LogP contribution in [0.25, 0.3) is 11.4 Å². The number of aliphatic hydroxyl groups is 1. The van der Waals surface area contributed by atoms with Crippen molar-refractivity contribution in [3.63, 3.8) is 0 Å².